The summed E-state index contributed by atoms with van der Waals surface area (Å²) in [6.45, 7) is 9.57. The number of aromatic nitrogens is 2. The molecule has 1 amide bonds. The minimum absolute atomic E-state index is 0.0811. The van der Waals surface area contributed by atoms with Gasteiger partial charge in [-0.1, -0.05) is 13.8 Å². The molecule has 2 aromatic heterocycles. The number of pyridine rings is 1. The largest absolute Gasteiger partial charge is 0.490 e. The van der Waals surface area contributed by atoms with Crippen molar-refractivity contribution in [2.75, 3.05) is 37.7 Å². The van der Waals surface area contributed by atoms with Gasteiger partial charge in [0.15, 0.2) is 5.82 Å². The number of hydrogen-bond acceptors (Lipinski definition) is 5. The second-order valence-electron chi connectivity index (χ2n) is 8.98. The minimum atomic E-state index is -5.08. The molecule has 0 aliphatic carbocycles. The van der Waals surface area contributed by atoms with Crippen molar-refractivity contribution in [3.63, 3.8) is 0 Å². The van der Waals surface area contributed by atoms with Crippen LogP contribution in [-0.4, -0.2) is 70.5 Å². The summed E-state index contributed by atoms with van der Waals surface area (Å²) < 4.78 is 39.3. The summed E-state index contributed by atoms with van der Waals surface area (Å²) in [5.41, 5.74) is 2.18. The van der Waals surface area contributed by atoms with Crippen LogP contribution in [0.1, 0.15) is 39.3 Å². The molecule has 2 aliphatic rings. The van der Waals surface area contributed by atoms with Gasteiger partial charge in [0.2, 0.25) is 5.91 Å². The van der Waals surface area contributed by atoms with Crippen LogP contribution in [0.2, 0.25) is 0 Å². The molecule has 1 saturated heterocycles. The summed E-state index contributed by atoms with van der Waals surface area (Å²) in [4.78, 5) is 30.7. The van der Waals surface area contributed by atoms with Gasteiger partial charge >= 0.3 is 12.1 Å². The van der Waals surface area contributed by atoms with E-state index in [2.05, 4.69) is 52.7 Å². The first-order valence-electron chi connectivity index (χ1n) is 11.6. The van der Waals surface area contributed by atoms with E-state index in [1.807, 2.05) is 24.1 Å². The van der Waals surface area contributed by atoms with Crippen LogP contribution in [0.4, 0.5) is 18.9 Å². The average Bonchev–Trinajstić information content (AvgIpc) is 3.46. The molecule has 0 bridgehead atoms. The molecule has 0 saturated carbocycles. The second kappa shape index (κ2) is 10.7. The Labute approximate surface area is 202 Å². The smallest absolute Gasteiger partial charge is 0.475 e. The molecule has 192 valence electrons. The van der Waals surface area contributed by atoms with Crippen molar-refractivity contribution in [2.24, 2.45) is 5.92 Å². The Balaban J connectivity index is 0.000000429. The fourth-order valence-corrected chi connectivity index (χ4v) is 4.54. The standard InChI is InChI=1S/C22H30N4O2.C2HF3O2/c1-4-28-15-20(27)24-14-10-22(16-24)19-8-6-12-25(19)21-18(7-5-11-23-21)26(22)13-9-17(2)3;3-2(4,5)1(6)7/h5-8,11-12,17H,4,9-10,13-16H2,1-3H3;(H,6,7). The van der Waals surface area contributed by atoms with Crippen LogP contribution in [0.3, 0.4) is 0 Å². The molecule has 11 heteroatoms. The SMILES string of the molecule is CCOCC(=O)N1CCC2(C1)c1cccn1-c1ncccc1N2CCC(C)C.O=C(O)C(F)(F)F. The van der Waals surface area contributed by atoms with Gasteiger partial charge in [-0.3, -0.25) is 4.79 Å². The topological polar surface area (TPSA) is 87.9 Å². The number of rotatable bonds is 6. The summed E-state index contributed by atoms with van der Waals surface area (Å²) in [7, 11) is 0. The minimum Gasteiger partial charge on any atom is -0.475 e. The van der Waals surface area contributed by atoms with E-state index in [0.29, 0.717) is 19.1 Å². The normalized spacial score (nSPS) is 18.8. The van der Waals surface area contributed by atoms with Gasteiger partial charge in [-0.05, 0) is 49.9 Å². The first-order valence-corrected chi connectivity index (χ1v) is 11.6. The molecular formula is C24H31F3N4O4. The predicted molar refractivity (Wildman–Crippen MR) is 123 cm³/mol. The summed E-state index contributed by atoms with van der Waals surface area (Å²) in [5.74, 6) is -1.08. The number of carboxylic acid groups (broad SMARTS) is 1. The summed E-state index contributed by atoms with van der Waals surface area (Å²) in [5, 5.41) is 7.12. The quantitative estimate of drug-likeness (QED) is 0.654. The fraction of sp³-hybridized carbons (Fsp3) is 0.542. The fourth-order valence-electron chi connectivity index (χ4n) is 4.54. The van der Waals surface area contributed by atoms with Crippen LogP contribution in [0.15, 0.2) is 36.7 Å². The highest BCUT2D eigenvalue weighted by Crippen LogP contribution is 2.47. The lowest BCUT2D eigenvalue weighted by atomic mass is 9.88. The molecule has 2 aromatic rings. The number of alkyl halides is 3. The van der Waals surface area contributed by atoms with E-state index in [9.17, 15) is 18.0 Å². The summed E-state index contributed by atoms with van der Waals surface area (Å²) in [6.07, 6.45) is 0.881. The molecule has 4 rings (SSSR count). The molecule has 1 N–H and O–H groups in total. The zero-order chi connectivity index (χ0) is 25.8. The van der Waals surface area contributed by atoms with Gasteiger partial charge in [-0.2, -0.15) is 13.2 Å². The van der Waals surface area contributed by atoms with E-state index in [-0.39, 0.29) is 18.1 Å². The number of anilines is 1. The molecular weight excluding hydrogens is 465 g/mol. The summed E-state index contributed by atoms with van der Waals surface area (Å²) in [6, 6.07) is 8.46. The predicted octanol–water partition coefficient (Wildman–Crippen LogP) is 3.84. The third-order valence-corrected chi connectivity index (χ3v) is 6.23. The number of ether oxygens (including phenoxy) is 1. The van der Waals surface area contributed by atoms with Crippen LogP contribution >= 0.6 is 0 Å². The monoisotopic (exact) mass is 496 g/mol. The van der Waals surface area contributed by atoms with Crippen molar-refractivity contribution in [1.29, 1.82) is 0 Å². The molecule has 35 heavy (non-hydrogen) atoms. The number of carbonyl (C=O) groups is 2. The van der Waals surface area contributed by atoms with Gasteiger partial charge in [-0.15, -0.1) is 0 Å². The van der Waals surface area contributed by atoms with Gasteiger partial charge in [0, 0.05) is 38.6 Å². The van der Waals surface area contributed by atoms with Gasteiger partial charge in [-0.25, -0.2) is 9.78 Å². The number of carboxylic acids is 1. The number of aliphatic carboxylic acids is 1. The Hall–Kier alpha value is -3.08. The maximum Gasteiger partial charge on any atom is 0.490 e. The second-order valence-corrected chi connectivity index (χ2v) is 8.98. The molecule has 0 radical (unpaired) electrons. The first-order chi connectivity index (χ1) is 16.5. The molecule has 1 unspecified atom stereocenters. The lowest BCUT2D eigenvalue weighted by Crippen LogP contribution is -2.53. The Morgan fingerprint density at radius 1 is 1.26 bits per heavy atom. The zero-order valence-corrected chi connectivity index (χ0v) is 20.1. The van der Waals surface area contributed by atoms with Crippen molar-refractivity contribution in [3.05, 3.63) is 42.4 Å². The molecule has 1 fully saturated rings. The molecule has 4 heterocycles. The number of nitrogens with zero attached hydrogens (tertiary/aromatic N) is 4. The van der Waals surface area contributed by atoms with Crippen LogP contribution in [-0.2, 0) is 19.9 Å². The third kappa shape index (κ3) is 5.61. The lowest BCUT2D eigenvalue weighted by molar-refractivity contribution is -0.192. The van der Waals surface area contributed by atoms with E-state index in [1.54, 1.807) is 0 Å². The highest BCUT2D eigenvalue weighted by molar-refractivity contribution is 5.78. The molecule has 8 nitrogen and oxygen atoms in total. The first kappa shape index (κ1) is 26.5. The van der Waals surface area contributed by atoms with Crippen LogP contribution in [0.5, 0.6) is 0 Å². The van der Waals surface area contributed by atoms with Gasteiger partial charge < -0.3 is 24.2 Å². The average molecular weight is 497 g/mol. The highest BCUT2D eigenvalue weighted by Gasteiger charge is 2.50. The highest BCUT2D eigenvalue weighted by atomic mass is 19.4. The number of fused-ring (bicyclic) bond motifs is 4. The Morgan fingerprint density at radius 2 is 1.97 bits per heavy atom. The van der Waals surface area contributed by atoms with E-state index in [1.165, 1.54) is 5.69 Å². The van der Waals surface area contributed by atoms with Gasteiger partial charge in [0.05, 0.1) is 11.4 Å². The maximum absolute atomic E-state index is 12.7. The number of amides is 1. The van der Waals surface area contributed by atoms with E-state index in [0.717, 1.165) is 37.4 Å². The van der Waals surface area contributed by atoms with E-state index >= 15 is 0 Å². The van der Waals surface area contributed by atoms with E-state index in [4.69, 9.17) is 14.6 Å². The number of halogens is 3. The Kier molecular flexibility index (Phi) is 8.09. The lowest BCUT2D eigenvalue weighted by Gasteiger charge is -2.47. The van der Waals surface area contributed by atoms with Crippen LogP contribution in [0, 0.1) is 5.92 Å². The van der Waals surface area contributed by atoms with Crippen molar-refractivity contribution < 1.29 is 32.6 Å². The maximum atomic E-state index is 12.7. The van der Waals surface area contributed by atoms with Crippen LogP contribution in [0.25, 0.3) is 5.82 Å². The molecule has 1 atom stereocenters. The Morgan fingerprint density at radius 3 is 2.60 bits per heavy atom. The van der Waals surface area contributed by atoms with Crippen molar-refractivity contribution >= 4 is 17.6 Å². The molecule has 2 aliphatic heterocycles. The van der Waals surface area contributed by atoms with Crippen LogP contribution < -0.4 is 4.90 Å². The summed E-state index contributed by atoms with van der Waals surface area (Å²) >= 11 is 0. The van der Waals surface area contributed by atoms with Gasteiger partial charge in [0.1, 0.15) is 12.1 Å². The molecule has 0 aromatic carbocycles. The zero-order valence-electron chi connectivity index (χ0n) is 20.1. The number of hydrogen-bond donors (Lipinski definition) is 1. The molecule has 1 spiro atoms. The Bertz CT molecular complexity index is 1040. The third-order valence-electron chi connectivity index (χ3n) is 6.23. The van der Waals surface area contributed by atoms with Crippen molar-refractivity contribution in [3.8, 4) is 5.82 Å². The number of carbonyl (C=O) groups excluding carboxylic acids is 1. The van der Waals surface area contributed by atoms with Gasteiger partial charge in [0.25, 0.3) is 0 Å². The van der Waals surface area contributed by atoms with Crippen molar-refractivity contribution in [2.45, 2.75) is 45.3 Å². The van der Waals surface area contributed by atoms with E-state index < -0.39 is 12.1 Å². The number of likely N-dealkylation sites (tertiary alicyclic amines) is 1. The van der Waals surface area contributed by atoms with Crippen molar-refractivity contribution in [1.82, 2.24) is 14.5 Å².